The molecule has 0 aromatic carbocycles. The van der Waals surface area contributed by atoms with Gasteiger partial charge in [0.15, 0.2) is 0 Å². The number of amides is 1. The van der Waals surface area contributed by atoms with Gasteiger partial charge in [-0.3, -0.25) is 9.69 Å². The van der Waals surface area contributed by atoms with Gasteiger partial charge >= 0.3 is 5.97 Å². The van der Waals surface area contributed by atoms with Crippen LogP contribution < -0.4 is 5.32 Å². The van der Waals surface area contributed by atoms with E-state index in [9.17, 15) is 9.59 Å². The Bertz CT molecular complexity index is 740. The molecule has 1 unspecified atom stereocenters. The third-order valence-corrected chi connectivity index (χ3v) is 5.52. The van der Waals surface area contributed by atoms with Gasteiger partial charge in [0.2, 0.25) is 0 Å². The number of nitrogens with zero attached hydrogens (tertiary/aromatic N) is 3. The van der Waals surface area contributed by atoms with Gasteiger partial charge in [-0.1, -0.05) is 6.07 Å². The van der Waals surface area contributed by atoms with Crippen LogP contribution in [-0.4, -0.2) is 71.5 Å². The summed E-state index contributed by atoms with van der Waals surface area (Å²) in [5.74, 6) is -1.35. The Morgan fingerprint density at radius 1 is 1.27 bits per heavy atom. The molecule has 0 spiro atoms. The number of aromatic nitrogens is 1. The number of nitrogens with one attached hydrogen (secondary N) is 1. The van der Waals surface area contributed by atoms with E-state index in [1.165, 1.54) is 23.2 Å². The number of carbonyl (C=O) groups is 2. The fourth-order valence-electron chi connectivity index (χ4n) is 2.97. The van der Waals surface area contributed by atoms with Crippen molar-refractivity contribution in [2.24, 2.45) is 0 Å². The van der Waals surface area contributed by atoms with E-state index < -0.39 is 5.97 Å². The van der Waals surface area contributed by atoms with Gasteiger partial charge in [-0.2, -0.15) is 0 Å². The van der Waals surface area contributed by atoms with Gasteiger partial charge < -0.3 is 15.3 Å². The molecule has 0 aliphatic carbocycles. The Kier molecular flexibility index (Phi) is 5.97. The lowest BCUT2D eigenvalue weighted by molar-refractivity contribution is 0.0689. The number of hydrogen-bond donors (Lipinski definition) is 2. The summed E-state index contributed by atoms with van der Waals surface area (Å²) in [6.45, 7) is 4.45. The lowest BCUT2D eigenvalue weighted by Gasteiger charge is -2.37. The molecule has 8 heteroatoms. The molecule has 1 saturated heterocycles. The maximum absolute atomic E-state index is 12.4. The van der Waals surface area contributed by atoms with Gasteiger partial charge in [-0.25, -0.2) is 9.78 Å². The second-order valence-electron chi connectivity index (χ2n) is 6.32. The topological polar surface area (TPSA) is 85.8 Å². The van der Waals surface area contributed by atoms with Crippen LogP contribution in [0.25, 0.3) is 0 Å². The maximum atomic E-state index is 12.4. The summed E-state index contributed by atoms with van der Waals surface area (Å²) >= 11 is 1.69. The van der Waals surface area contributed by atoms with Crippen molar-refractivity contribution in [1.82, 2.24) is 20.1 Å². The van der Waals surface area contributed by atoms with E-state index in [1.807, 2.05) is 6.07 Å². The highest BCUT2D eigenvalue weighted by Gasteiger charge is 2.25. The van der Waals surface area contributed by atoms with Gasteiger partial charge in [-0.05, 0) is 30.6 Å². The number of thiophene rings is 1. The van der Waals surface area contributed by atoms with Gasteiger partial charge in [-0.15, -0.1) is 11.3 Å². The van der Waals surface area contributed by atoms with Crippen molar-refractivity contribution in [2.75, 3.05) is 39.8 Å². The Balaban J connectivity index is 1.65. The van der Waals surface area contributed by atoms with Gasteiger partial charge in [0.25, 0.3) is 5.91 Å². The Labute approximate surface area is 156 Å². The standard InChI is InChI=1S/C18H22N4O3S/c1-21-6-8-22(9-7-21)15(16-3-2-10-26-16)12-20-17(23)13-4-5-14(18(24)25)19-11-13/h2-5,10-11,15H,6-9,12H2,1H3,(H,20,23)(H,24,25). The number of pyridine rings is 1. The van der Waals surface area contributed by atoms with Gasteiger partial charge in [0.05, 0.1) is 11.6 Å². The first-order chi connectivity index (χ1) is 12.5. The number of carbonyl (C=O) groups excluding carboxylic acids is 1. The van der Waals surface area contributed by atoms with Crippen LogP contribution in [0.15, 0.2) is 35.8 Å². The smallest absolute Gasteiger partial charge is 0.354 e. The van der Waals surface area contributed by atoms with Crippen LogP contribution in [-0.2, 0) is 0 Å². The van der Waals surface area contributed by atoms with Crippen LogP contribution in [0.3, 0.4) is 0 Å². The normalized spacial score (nSPS) is 17.0. The molecule has 1 fully saturated rings. The number of piperazine rings is 1. The van der Waals surface area contributed by atoms with E-state index in [2.05, 4.69) is 38.6 Å². The number of carboxylic acids is 1. The van der Waals surface area contributed by atoms with Crippen molar-refractivity contribution in [2.45, 2.75) is 6.04 Å². The molecule has 138 valence electrons. The van der Waals surface area contributed by atoms with Crippen molar-refractivity contribution < 1.29 is 14.7 Å². The highest BCUT2D eigenvalue weighted by molar-refractivity contribution is 7.10. The second-order valence-corrected chi connectivity index (χ2v) is 7.30. The highest BCUT2D eigenvalue weighted by atomic mass is 32.1. The Hall–Kier alpha value is -2.29. The third-order valence-electron chi connectivity index (χ3n) is 4.55. The fraction of sp³-hybridized carbons (Fsp3) is 0.389. The molecule has 2 aromatic heterocycles. The molecule has 0 bridgehead atoms. The molecule has 2 aromatic rings. The number of carboxylic acid groups (broad SMARTS) is 1. The SMILES string of the molecule is CN1CCN(C(CNC(=O)c2ccc(C(=O)O)nc2)c2cccs2)CC1. The summed E-state index contributed by atoms with van der Waals surface area (Å²) in [6, 6.07) is 7.09. The number of rotatable bonds is 6. The van der Waals surface area contributed by atoms with Crippen LogP contribution >= 0.6 is 11.3 Å². The lowest BCUT2D eigenvalue weighted by Crippen LogP contribution is -2.48. The first-order valence-corrected chi connectivity index (χ1v) is 9.36. The van der Waals surface area contributed by atoms with Crippen LogP contribution in [0.1, 0.15) is 31.8 Å². The molecule has 0 radical (unpaired) electrons. The van der Waals surface area contributed by atoms with Crippen LogP contribution in [0, 0.1) is 0 Å². The van der Waals surface area contributed by atoms with Crippen molar-refractivity contribution in [3.63, 3.8) is 0 Å². The zero-order valence-electron chi connectivity index (χ0n) is 14.6. The van der Waals surface area contributed by atoms with Crippen molar-refractivity contribution in [3.05, 3.63) is 52.0 Å². The summed E-state index contributed by atoms with van der Waals surface area (Å²) in [5.41, 5.74) is 0.286. The first-order valence-electron chi connectivity index (χ1n) is 8.48. The summed E-state index contributed by atoms with van der Waals surface area (Å²) in [5, 5.41) is 13.9. The molecule has 1 atom stereocenters. The largest absolute Gasteiger partial charge is 0.477 e. The summed E-state index contributed by atoms with van der Waals surface area (Å²) in [7, 11) is 2.12. The number of likely N-dealkylation sites (N-methyl/N-ethyl adjacent to an activating group) is 1. The molecule has 7 nitrogen and oxygen atoms in total. The summed E-state index contributed by atoms with van der Waals surface area (Å²) in [4.78, 5) is 33.0. The zero-order valence-corrected chi connectivity index (χ0v) is 15.4. The van der Waals surface area contributed by atoms with Crippen LogP contribution in [0.5, 0.6) is 0 Å². The first kappa shape index (κ1) is 18.5. The highest BCUT2D eigenvalue weighted by Crippen LogP contribution is 2.25. The molecule has 3 rings (SSSR count). The van der Waals surface area contributed by atoms with E-state index in [0.717, 1.165) is 26.2 Å². The van der Waals surface area contributed by atoms with Gasteiger partial charge in [0, 0.05) is 43.8 Å². The maximum Gasteiger partial charge on any atom is 0.354 e. The van der Waals surface area contributed by atoms with E-state index in [0.29, 0.717) is 12.1 Å². The minimum Gasteiger partial charge on any atom is -0.477 e. The molecule has 0 saturated carbocycles. The minimum absolute atomic E-state index is 0.0737. The summed E-state index contributed by atoms with van der Waals surface area (Å²) in [6.07, 6.45) is 1.30. The predicted octanol–water partition coefficient (Wildman–Crippen LogP) is 1.56. The Morgan fingerprint density at radius 2 is 2.04 bits per heavy atom. The minimum atomic E-state index is -1.11. The van der Waals surface area contributed by atoms with Crippen molar-refractivity contribution in [1.29, 1.82) is 0 Å². The molecule has 1 aliphatic heterocycles. The van der Waals surface area contributed by atoms with Crippen molar-refractivity contribution in [3.8, 4) is 0 Å². The van der Waals surface area contributed by atoms with E-state index in [1.54, 1.807) is 11.3 Å². The zero-order chi connectivity index (χ0) is 18.5. The fourth-order valence-corrected chi connectivity index (χ4v) is 3.83. The molecular formula is C18H22N4O3S. The second kappa shape index (κ2) is 8.39. The number of hydrogen-bond acceptors (Lipinski definition) is 6. The lowest BCUT2D eigenvalue weighted by atomic mass is 10.1. The third kappa shape index (κ3) is 4.46. The molecule has 1 aliphatic rings. The average molecular weight is 374 g/mol. The molecule has 2 N–H and O–H groups in total. The predicted molar refractivity (Wildman–Crippen MR) is 99.7 cm³/mol. The average Bonchev–Trinajstić information content (AvgIpc) is 3.17. The van der Waals surface area contributed by atoms with E-state index in [-0.39, 0.29) is 17.6 Å². The molecule has 26 heavy (non-hydrogen) atoms. The Morgan fingerprint density at radius 3 is 2.62 bits per heavy atom. The van der Waals surface area contributed by atoms with E-state index >= 15 is 0 Å². The van der Waals surface area contributed by atoms with Gasteiger partial charge in [0.1, 0.15) is 5.69 Å². The van der Waals surface area contributed by atoms with E-state index in [4.69, 9.17) is 5.11 Å². The van der Waals surface area contributed by atoms with Crippen LogP contribution in [0.4, 0.5) is 0 Å². The quantitative estimate of drug-likeness (QED) is 0.798. The molecular weight excluding hydrogens is 352 g/mol. The molecule has 3 heterocycles. The van der Waals surface area contributed by atoms with Crippen LogP contribution in [0.2, 0.25) is 0 Å². The molecule has 1 amide bonds. The monoisotopic (exact) mass is 374 g/mol. The number of aromatic carboxylic acids is 1. The summed E-state index contributed by atoms with van der Waals surface area (Å²) < 4.78 is 0. The van der Waals surface area contributed by atoms with Crippen molar-refractivity contribution >= 4 is 23.2 Å².